The maximum absolute atomic E-state index is 14.0. The van der Waals surface area contributed by atoms with Crippen LogP contribution in [0.25, 0.3) is 0 Å². The van der Waals surface area contributed by atoms with Gasteiger partial charge in [0.2, 0.25) is 11.5 Å². The van der Waals surface area contributed by atoms with Crippen molar-refractivity contribution in [2.75, 3.05) is 18.0 Å². The second kappa shape index (κ2) is 7.22. The quantitative estimate of drug-likeness (QED) is 0.832. The molecule has 0 radical (unpaired) electrons. The molecule has 3 rings (SSSR count). The lowest BCUT2D eigenvalue weighted by atomic mass is 9.91. The van der Waals surface area contributed by atoms with Crippen LogP contribution < -0.4 is 15.4 Å². The first-order valence-corrected chi connectivity index (χ1v) is 8.50. The molecule has 27 heavy (non-hydrogen) atoms. The maximum atomic E-state index is 14.0. The summed E-state index contributed by atoms with van der Waals surface area (Å²) in [5.74, 6) is -1.83. The Morgan fingerprint density at radius 3 is 2.59 bits per heavy atom. The second-order valence-corrected chi connectivity index (χ2v) is 6.59. The fraction of sp³-hybridized carbons (Fsp3) is 0.316. The van der Waals surface area contributed by atoms with Gasteiger partial charge in [-0.3, -0.25) is 4.79 Å². The SMILES string of the molecule is Cc1ccc(F)c(OC2(C(=O)O)CCN(c3cc(C(N)=O)ccn3)CC2)c1. The van der Waals surface area contributed by atoms with Crippen LogP contribution in [0.3, 0.4) is 0 Å². The smallest absolute Gasteiger partial charge is 0.348 e. The zero-order chi connectivity index (χ0) is 19.6. The molecular formula is C19H20FN3O4. The molecular weight excluding hydrogens is 353 g/mol. The molecule has 3 N–H and O–H groups in total. The Kier molecular flexibility index (Phi) is 4.98. The number of carbonyl (C=O) groups is 2. The van der Waals surface area contributed by atoms with E-state index in [1.54, 1.807) is 19.1 Å². The van der Waals surface area contributed by atoms with Crippen molar-refractivity contribution in [3.05, 3.63) is 53.5 Å². The van der Waals surface area contributed by atoms with Crippen LogP contribution in [-0.2, 0) is 4.79 Å². The van der Waals surface area contributed by atoms with E-state index in [1.165, 1.54) is 24.4 Å². The highest BCUT2D eigenvalue weighted by molar-refractivity contribution is 5.93. The topological polar surface area (TPSA) is 106 Å². The standard InChI is InChI=1S/C19H20FN3O4/c1-12-2-3-14(20)15(10-12)27-19(18(25)26)5-8-23(9-6-19)16-11-13(17(21)24)4-7-22-16/h2-4,7,10-11H,5-6,8-9H2,1H3,(H2,21,24)(H,25,26). The van der Waals surface area contributed by atoms with Crippen molar-refractivity contribution in [2.24, 2.45) is 5.73 Å². The molecule has 0 bridgehead atoms. The van der Waals surface area contributed by atoms with Crippen LogP contribution >= 0.6 is 0 Å². The monoisotopic (exact) mass is 373 g/mol. The molecule has 7 nitrogen and oxygen atoms in total. The molecule has 2 heterocycles. The second-order valence-electron chi connectivity index (χ2n) is 6.59. The number of hydrogen-bond donors (Lipinski definition) is 2. The van der Waals surface area contributed by atoms with E-state index in [-0.39, 0.29) is 18.6 Å². The van der Waals surface area contributed by atoms with E-state index in [0.717, 1.165) is 5.56 Å². The number of piperidine rings is 1. The summed E-state index contributed by atoms with van der Waals surface area (Å²) in [7, 11) is 0. The van der Waals surface area contributed by atoms with Gasteiger partial charge in [-0.2, -0.15) is 0 Å². The highest BCUT2D eigenvalue weighted by Gasteiger charge is 2.45. The van der Waals surface area contributed by atoms with Gasteiger partial charge in [-0.15, -0.1) is 0 Å². The molecule has 0 spiro atoms. The van der Waals surface area contributed by atoms with Crippen LogP contribution in [-0.4, -0.2) is 40.7 Å². The number of rotatable bonds is 5. The number of aliphatic carboxylic acids is 1. The van der Waals surface area contributed by atoms with E-state index in [0.29, 0.717) is 24.5 Å². The Morgan fingerprint density at radius 1 is 1.26 bits per heavy atom. The number of carboxylic acid groups (broad SMARTS) is 1. The summed E-state index contributed by atoms with van der Waals surface area (Å²) in [5, 5.41) is 9.74. The summed E-state index contributed by atoms with van der Waals surface area (Å²) in [4.78, 5) is 29.3. The highest BCUT2D eigenvalue weighted by Crippen LogP contribution is 2.32. The first-order valence-electron chi connectivity index (χ1n) is 8.50. The van der Waals surface area contributed by atoms with Crippen LogP contribution in [0, 0.1) is 12.7 Å². The molecule has 0 unspecified atom stereocenters. The van der Waals surface area contributed by atoms with Gasteiger partial charge in [-0.05, 0) is 36.8 Å². The summed E-state index contributed by atoms with van der Waals surface area (Å²) < 4.78 is 19.7. The van der Waals surface area contributed by atoms with Crippen molar-refractivity contribution < 1.29 is 23.8 Å². The largest absolute Gasteiger partial charge is 0.478 e. The Bertz CT molecular complexity index is 879. The van der Waals surface area contributed by atoms with Gasteiger partial charge >= 0.3 is 5.97 Å². The van der Waals surface area contributed by atoms with Gasteiger partial charge in [0.15, 0.2) is 11.6 Å². The minimum absolute atomic E-state index is 0.0697. The summed E-state index contributed by atoms with van der Waals surface area (Å²) in [6, 6.07) is 7.42. The van der Waals surface area contributed by atoms with E-state index in [2.05, 4.69) is 4.98 Å². The third-order valence-electron chi connectivity index (χ3n) is 4.71. The number of hydrogen-bond acceptors (Lipinski definition) is 5. The van der Waals surface area contributed by atoms with E-state index < -0.39 is 23.3 Å². The highest BCUT2D eigenvalue weighted by atomic mass is 19.1. The number of primary amides is 1. The van der Waals surface area contributed by atoms with Gasteiger partial charge in [0.25, 0.3) is 0 Å². The molecule has 0 aliphatic carbocycles. The number of carboxylic acids is 1. The Hall–Kier alpha value is -3.16. The minimum atomic E-state index is -1.52. The summed E-state index contributed by atoms with van der Waals surface area (Å²) in [6.07, 6.45) is 1.75. The number of aromatic nitrogens is 1. The zero-order valence-electron chi connectivity index (χ0n) is 14.8. The van der Waals surface area contributed by atoms with Crippen LogP contribution in [0.15, 0.2) is 36.5 Å². The Morgan fingerprint density at radius 2 is 1.96 bits per heavy atom. The van der Waals surface area contributed by atoms with Gasteiger partial charge < -0.3 is 20.5 Å². The van der Waals surface area contributed by atoms with Gasteiger partial charge in [0.1, 0.15) is 5.82 Å². The predicted molar refractivity (Wildman–Crippen MR) is 96.3 cm³/mol. The average Bonchev–Trinajstić information content (AvgIpc) is 2.65. The molecule has 1 aliphatic heterocycles. The fourth-order valence-corrected chi connectivity index (χ4v) is 3.10. The number of pyridine rings is 1. The number of amides is 1. The molecule has 1 amide bonds. The molecule has 0 saturated carbocycles. The van der Waals surface area contributed by atoms with Crippen molar-refractivity contribution >= 4 is 17.7 Å². The van der Waals surface area contributed by atoms with Crippen LogP contribution in [0.2, 0.25) is 0 Å². The van der Waals surface area contributed by atoms with Crippen molar-refractivity contribution in [2.45, 2.75) is 25.4 Å². The summed E-state index contributed by atoms with van der Waals surface area (Å²) in [5.41, 5.74) is 4.87. The minimum Gasteiger partial charge on any atom is -0.478 e. The van der Waals surface area contributed by atoms with E-state index in [1.807, 2.05) is 4.90 Å². The van der Waals surface area contributed by atoms with Crippen LogP contribution in [0.1, 0.15) is 28.8 Å². The fourth-order valence-electron chi connectivity index (χ4n) is 3.10. The number of carbonyl (C=O) groups excluding carboxylic acids is 1. The molecule has 1 aliphatic rings. The third kappa shape index (κ3) is 3.84. The molecule has 2 aromatic rings. The molecule has 1 aromatic heterocycles. The Balaban J connectivity index is 1.79. The molecule has 1 saturated heterocycles. The van der Waals surface area contributed by atoms with Crippen molar-refractivity contribution in [3.63, 3.8) is 0 Å². The lowest BCUT2D eigenvalue weighted by molar-refractivity contribution is -0.157. The van der Waals surface area contributed by atoms with Gasteiger partial charge in [0, 0.05) is 37.7 Å². The molecule has 0 atom stereocenters. The molecule has 142 valence electrons. The predicted octanol–water partition coefficient (Wildman–Crippen LogP) is 2.13. The molecule has 1 fully saturated rings. The van der Waals surface area contributed by atoms with Crippen molar-refractivity contribution in [1.29, 1.82) is 0 Å². The summed E-state index contributed by atoms with van der Waals surface area (Å²) >= 11 is 0. The number of ether oxygens (including phenoxy) is 1. The van der Waals surface area contributed by atoms with Crippen molar-refractivity contribution in [1.82, 2.24) is 4.98 Å². The number of benzene rings is 1. The van der Waals surface area contributed by atoms with Crippen LogP contribution in [0.5, 0.6) is 5.75 Å². The zero-order valence-corrected chi connectivity index (χ0v) is 14.8. The first kappa shape index (κ1) is 18.6. The number of halogens is 1. The molecule has 8 heteroatoms. The maximum Gasteiger partial charge on any atom is 0.348 e. The Labute approximate surface area is 155 Å². The number of anilines is 1. The average molecular weight is 373 g/mol. The van der Waals surface area contributed by atoms with Gasteiger partial charge in [-0.25, -0.2) is 14.2 Å². The van der Waals surface area contributed by atoms with E-state index in [9.17, 15) is 19.1 Å². The normalized spacial score (nSPS) is 16.0. The molecule has 1 aromatic carbocycles. The number of aryl methyl sites for hydroxylation is 1. The van der Waals surface area contributed by atoms with Crippen LogP contribution in [0.4, 0.5) is 10.2 Å². The number of nitrogens with zero attached hydrogens (tertiary/aromatic N) is 2. The van der Waals surface area contributed by atoms with Gasteiger partial charge in [-0.1, -0.05) is 6.07 Å². The lowest BCUT2D eigenvalue weighted by Crippen LogP contribution is -2.53. The summed E-state index contributed by atoms with van der Waals surface area (Å²) in [6.45, 7) is 2.43. The van der Waals surface area contributed by atoms with E-state index >= 15 is 0 Å². The third-order valence-corrected chi connectivity index (χ3v) is 4.71. The van der Waals surface area contributed by atoms with E-state index in [4.69, 9.17) is 10.5 Å². The number of nitrogens with two attached hydrogens (primary N) is 1. The van der Waals surface area contributed by atoms with Crippen molar-refractivity contribution in [3.8, 4) is 5.75 Å². The first-order chi connectivity index (χ1) is 12.8. The lowest BCUT2D eigenvalue weighted by Gasteiger charge is -2.39. The van der Waals surface area contributed by atoms with Gasteiger partial charge in [0.05, 0.1) is 0 Å².